The van der Waals surface area contributed by atoms with Crippen LogP contribution >= 0.6 is 11.6 Å². The Labute approximate surface area is 112 Å². The van der Waals surface area contributed by atoms with E-state index < -0.39 is 0 Å². The molecule has 0 bridgehead atoms. The molecule has 2 aromatic rings. The minimum Gasteiger partial charge on any atom is -0.491 e. The van der Waals surface area contributed by atoms with Crippen molar-refractivity contribution >= 4 is 11.6 Å². The standard InChI is InChI=1S/C15H16ClNO/c16-14-11-13(6-7-15(14)18-9-8-17)10-12-4-2-1-3-5-12/h1-7,11H,8-10,17H2. The molecular formula is C15H16ClNO. The number of benzene rings is 2. The van der Waals surface area contributed by atoms with Crippen molar-refractivity contribution in [3.8, 4) is 5.75 Å². The molecule has 0 aliphatic carbocycles. The number of hydrogen-bond acceptors (Lipinski definition) is 2. The molecule has 3 heteroatoms. The summed E-state index contributed by atoms with van der Waals surface area (Å²) in [6.07, 6.45) is 0.873. The van der Waals surface area contributed by atoms with Crippen molar-refractivity contribution in [3.05, 3.63) is 64.7 Å². The Morgan fingerprint density at radius 3 is 2.44 bits per heavy atom. The highest BCUT2D eigenvalue weighted by molar-refractivity contribution is 6.32. The Bertz CT molecular complexity index is 499. The van der Waals surface area contributed by atoms with Gasteiger partial charge in [-0.05, 0) is 29.7 Å². The first kappa shape index (κ1) is 12.9. The molecule has 0 amide bonds. The largest absolute Gasteiger partial charge is 0.491 e. The molecule has 0 aromatic heterocycles. The molecule has 94 valence electrons. The summed E-state index contributed by atoms with van der Waals surface area (Å²) in [6.45, 7) is 0.972. The number of hydrogen-bond donors (Lipinski definition) is 1. The first-order valence-corrected chi connectivity index (χ1v) is 6.32. The minimum absolute atomic E-state index is 0.484. The van der Waals surface area contributed by atoms with Gasteiger partial charge in [-0.3, -0.25) is 0 Å². The van der Waals surface area contributed by atoms with Crippen LogP contribution in [0.3, 0.4) is 0 Å². The zero-order valence-corrected chi connectivity index (χ0v) is 10.9. The first-order chi connectivity index (χ1) is 8.79. The third-order valence-electron chi connectivity index (χ3n) is 2.62. The second-order valence-electron chi connectivity index (χ2n) is 4.06. The molecule has 0 fully saturated rings. The summed E-state index contributed by atoms with van der Waals surface area (Å²) in [6, 6.07) is 16.2. The Morgan fingerprint density at radius 2 is 1.78 bits per heavy atom. The maximum absolute atomic E-state index is 6.17. The fourth-order valence-electron chi connectivity index (χ4n) is 1.77. The van der Waals surface area contributed by atoms with E-state index in [0.717, 1.165) is 6.42 Å². The van der Waals surface area contributed by atoms with Gasteiger partial charge in [0.1, 0.15) is 12.4 Å². The summed E-state index contributed by atoms with van der Waals surface area (Å²) < 4.78 is 5.43. The van der Waals surface area contributed by atoms with Gasteiger partial charge in [-0.25, -0.2) is 0 Å². The van der Waals surface area contributed by atoms with Crippen LogP contribution in [0.1, 0.15) is 11.1 Å². The van der Waals surface area contributed by atoms with Crippen molar-refractivity contribution in [2.24, 2.45) is 5.73 Å². The molecule has 0 heterocycles. The third-order valence-corrected chi connectivity index (χ3v) is 2.92. The SMILES string of the molecule is NCCOc1ccc(Cc2ccccc2)cc1Cl. The quantitative estimate of drug-likeness (QED) is 0.897. The van der Waals surface area contributed by atoms with Gasteiger partial charge in [0.2, 0.25) is 0 Å². The maximum Gasteiger partial charge on any atom is 0.137 e. The van der Waals surface area contributed by atoms with Crippen molar-refractivity contribution in [1.82, 2.24) is 0 Å². The van der Waals surface area contributed by atoms with Gasteiger partial charge >= 0.3 is 0 Å². The van der Waals surface area contributed by atoms with E-state index in [1.807, 2.05) is 36.4 Å². The smallest absolute Gasteiger partial charge is 0.137 e. The maximum atomic E-state index is 6.17. The highest BCUT2D eigenvalue weighted by atomic mass is 35.5. The van der Waals surface area contributed by atoms with Crippen molar-refractivity contribution < 1.29 is 4.74 Å². The lowest BCUT2D eigenvalue weighted by molar-refractivity contribution is 0.328. The molecule has 0 aliphatic heterocycles. The van der Waals surface area contributed by atoms with E-state index in [9.17, 15) is 0 Å². The second kappa shape index (κ2) is 6.43. The molecule has 18 heavy (non-hydrogen) atoms. The van der Waals surface area contributed by atoms with Crippen LogP contribution in [0.4, 0.5) is 0 Å². The monoisotopic (exact) mass is 261 g/mol. The molecule has 0 unspecified atom stereocenters. The highest BCUT2D eigenvalue weighted by Gasteiger charge is 2.03. The van der Waals surface area contributed by atoms with Crippen LogP contribution in [0.2, 0.25) is 5.02 Å². The van der Waals surface area contributed by atoms with Crippen molar-refractivity contribution in [2.75, 3.05) is 13.2 Å². The number of ether oxygens (including phenoxy) is 1. The average molecular weight is 262 g/mol. The van der Waals surface area contributed by atoms with Crippen LogP contribution in [-0.2, 0) is 6.42 Å². The summed E-state index contributed by atoms with van der Waals surface area (Å²) in [5.74, 6) is 0.693. The highest BCUT2D eigenvalue weighted by Crippen LogP contribution is 2.26. The minimum atomic E-state index is 0.484. The number of nitrogens with two attached hydrogens (primary N) is 1. The van der Waals surface area contributed by atoms with E-state index in [2.05, 4.69) is 12.1 Å². The predicted octanol–water partition coefficient (Wildman–Crippen LogP) is 3.27. The third kappa shape index (κ3) is 3.49. The van der Waals surface area contributed by atoms with Crippen LogP contribution in [-0.4, -0.2) is 13.2 Å². The molecule has 0 saturated carbocycles. The molecular weight excluding hydrogens is 246 g/mol. The zero-order chi connectivity index (χ0) is 12.8. The van der Waals surface area contributed by atoms with E-state index in [-0.39, 0.29) is 0 Å². The van der Waals surface area contributed by atoms with Gasteiger partial charge in [0, 0.05) is 6.54 Å². The summed E-state index contributed by atoms with van der Waals surface area (Å²) in [5.41, 5.74) is 7.83. The molecule has 0 saturated heterocycles. The fourth-order valence-corrected chi connectivity index (χ4v) is 2.03. The van der Waals surface area contributed by atoms with Gasteiger partial charge in [-0.2, -0.15) is 0 Å². The first-order valence-electron chi connectivity index (χ1n) is 5.95. The van der Waals surface area contributed by atoms with Crippen molar-refractivity contribution in [3.63, 3.8) is 0 Å². The zero-order valence-electron chi connectivity index (χ0n) is 10.1. The summed E-state index contributed by atoms with van der Waals surface area (Å²) in [4.78, 5) is 0. The summed E-state index contributed by atoms with van der Waals surface area (Å²) in [7, 11) is 0. The number of rotatable bonds is 5. The van der Waals surface area contributed by atoms with Gasteiger partial charge in [0.15, 0.2) is 0 Å². The topological polar surface area (TPSA) is 35.2 Å². The van der Waals surface area contributed by atoms with Gasteiger partial charge < -0.3 is 10.5 Å². The molecule has 2 N–H and O–H groups in total. The van der Waals surface area contributed by atoms with Crippen LogP contribution in [0.15, 0.2) is 48.5 Å². The molecule has 2 rings (SSSR count). The van der Waals surface area contributed by atoms with Crippen LogP contribution in [0.5, 0.6) is 5.75 Å². The Hall–Kier alpha value is -1.51. The van der Waals surface area contributed by atoms with Gasteiger partial charge in [-0.1, -0.05) is 48.0 Å². The predicted molar refractivity (Wildman–Crippen MR) is 75.2 cm³/mol. The summed E-state index contributed by atoms with van der Waals surface area (Å²) >= 11 is 6.17. The summed E-state index contributed by atoms with van der Waals surface area (Å²) in [5, 5.41) is 0.636. The Kier molecular flexibility index (Phi) is 4.62. The lowest BCUT2D eigenvalue weighted by atomic mass is 10.1. The Morgan fingerprint density at radius 1 is 1.00 bits per heavy atom. The van der Waals surface area contributed by atoms with E-state index in [4.69, 9.17) is 22.1 Å². The average Bonchev–Trinajstić information content (AvgIpc) is 2.39. The fraction of sp³-hybridized carbons (Fsp3) is 0.200. The molecule has 0 atom stereocenters. The molecule has 0 radical (unpaired) electrons. The van der Waals surface area contributed by atoms with Gasteiger partial charge in [0.25, 0.3) is 0 Å². The van der Waals surface area contributed by atoms with Crippen molar-refractivity contribution in [1.29, 1.82) is 0 Å². The molecule has 2 nitrogen and oxygen atoms in total. The van der Waals surface area contributed by atoms with Gasteiger partial charge in [0.05, 0.1) is 5.02 Å². The van der Waals surface area contributed by atoms with Crippen LogP contribution in [0.25, 0.3) is 0 Å². The Balaban J connectivity index is 2.09. The molecule has 0 spiro atoms. The lowest BCUT2D eigenvalue weighted by Gasteiger charge is -2.08. The number of halogens is 1. The van der Waals surface area contributed by atoms with Crippen LogP contribution in [0, 0.1) is 0 Å². The lowest BCUT2D eigenvalue weighted by Crippen LogP contribution is -2.10. The molecule has 0 aliphatic rings. The van der Waals surface area contributed by atoms with E-state index in [0.29, 0.717) is 23.9 Å². The van der Waals surface area contributed by atoms with E-state index in [1.165, 1.54) is 11.1 Å². The normalized spacial score (nSPS) is 10.3. The van der Waals surface area contributed by atoms with Gasteiger partial charge in [-0.15, -0.1) is 0 Å². The van der Waals surface area contributed by atoms with Crippen LogP contribution < -0.4 is 10.5 Å². The van der Waals surface area contributed by atoms with E-state index >= 15 is 0 Å². The van der Waals surface area contributed by atoms with Crippen molar-refractivity contribution in [2.45, 2.75) is 6.42 Å². The second-order valence-corrected chi connectivity index (χ2v) is 4.47. The molecule has 2 aromatic carbocycles. The van der Waals surface area contributed by atoms with E-state index in [1.54, 1.807) is 0 Å².